The molecular weight excluding hydrogens is 523 g/mol. The van der Waals surface area contributed by atoms with Crippen molar-refractivity contribution < 1.29 is 4.74 Å². The molecule has 2 nitrogen and oxygen atoms in total. The number of ether oxygens (including phenoxy) is 1. The van der Waals surface area contributed by atoms with Crippen molar-refractivity contribution in [3.8, 4) is 0 Å². The fraction of sp³-hybridized carbons (Fsp3) is 1.00. The van der Waals surface area contributed by atoms with E-state index in [0.29, 0.717) is 6.10 Å². The molecule has 0 heterocycles. The first-order valence-corrected chi connectivity index (χ1v) is 21.2. The van der Waals surface area contributed by atoms with Crippen LogP contribution in [-0.4, -0.2) is 26.3 Å². The van der Waals surface area contributed by atoms with Gasteiger partial charge in [0.25, 0.3) is 0 Å². The quantitative estimate of drug-likeness (QED) is 0.545. The maximum Gasteiger partial charge on any atom is 0.0594 e. The Kier molecular flexibility index (Phi) is 25.1. The molecule has 1 aliphatic carbocycles. The molecule has 0 aliphatic heterocycles. The Morgan fingerprint density at radius 2 is 1.30 bits per heavy atom. The number of rotatable bonds is 4. The summed E-state index contributed by atoms with van der Waals surface area (Å²) in [6.07, 6.45) is 7.27. The van der Waals surface area contributed by atoms with Crippen molar-refractivity contribution in [1.29, 1.82) is 0 Å². The van der Waals surface area contributed by atoms with E-state index in [1.54, 1.807) is 71.0 Å². The molecule has 0 atom stereocenters. The lowest BCUT2D eigenvalue weighted by Crippen LogP contribution is -2.22. The van der Waals surface area contributed by atoms with Gasteiger partial charge in [-0.2, -0.15) is 0 Å². The highest BCUT2D eigenvalue weighted by Gasteiger charge is 2.12. The van der Waals surface area contributed by atoms with Crippen LogP contribution in [0, 0.1) is 0 Å². The highest BCUT2D eigenvalue weighted by Crippen LogP contribution is 2.19. The van der Waals surface area contributed by atoms with Gasteiger partial charge in [0.1, 0.15) is 0 Å². The molecule has 0 amide bonds. The van der Waals surface area contributed by atoms with Crippen LogP contribution < -0.4 is 5.32 Å². The normalized spacial score (nSPS) is 13.4. The molecule has 0 spiro atoms. The Bertz CT molecular complexity index is 650. The zero-order valence-corrected chi connectivity index (χ0v) is 22.1. The van der Waals surface area contributed by atoms with Crippen molar-refractivity contribution in [3.05, 3.63) is 0 Å². The molecule has 0 aromatic heterocycles. The van der Waals surface area contributed by atoms with E-state index >= 15 is 0 Å². The summed E-state index contributed by atoms with van der Waals surface area (Å²) in [5.74, 6) is 0. The van der Waals surface area contributed by atoms with Gasteiger partial charge in [-0.25, -0.2) is 0 Å². The van der Waals surface area contributed by atoms with Gasteiger partial charge in [-0.15, -0.1) is 0 Å². The predicted molar refractivity (Wildman–Crippen MR) is 135 cm³/mol. The van der Waals surface area contributed by atoms with Crippen LogP contribution in [-0.2, 0) is 116 Å². The van der Waals surface area contributed by atoms with Gasteiger partial charge in [-0.05, 0) is 19.9 Å². The summed E-state index contributed by atoms with van der Waals surface area (Å²) in [6, 6.07) is 0. The fourth-order valence-corrected chi connectivity index (χ4v) is 23.6. The molecule has 0 aromatic carbocycles. The maximum atomic E-state index is 5.66. The monoisotopic (exact) mass is 541 g/mol. The molecule has 23 heavy (non-hydrogen) atoms. The summed E-state index contributed by atoms with van der Waals surface area (Å²) in [5, 5.41) is 3.08. The van der Waals surface area contributed by atoms with Crippen LogP contribution in [0.4, 0.5) is 0 Å². The summed E-state index contributed by atoms with van der Waals surface area (Å²) >= 11 is 9.38. The minimum absolute atomic E-state index is 0.567. The van der Waals surface area contributed by atoms with Gasteiger partial charge in [-0.3, -0.25) is 0 Å². The third kappa shape index (κ3) is 20.7. The second kappa shape index (κ2) is 22.6. The number of likely N-dealkylation sites (N-methyl/N-ethyl adjacent to an activating group) is 1. The van der Waals surface area contributed by atoms with Crippen molar-refractivity contribution in [2.75, 3.05) is 20.2 Å². The second-order valence-corrected chi connectivity index (χ2v) is 21.6. The van der Waals surface area contributed by atoms with E-state index in [0.717, 1.165) is 13.2 Å². The minimum Gasteiger partial charge on any atom is -0.377 e. The van der Waals surface area contributed by atoms with Crippen LogP contribution in [0.1, 0.15) is 32.1 Å². The molecule has 138 valence electrons. The molecule has 0 unspecified atom stereocenters. The van der Waals surface area contributed by atoms with E-state index in [1.165, 1.54) is 49.9 Å². The Labute approximate surface area is 177 Å². The van der Waals surface area contributed by atoms with Crippen molar-refractivity contribution in [1.82, 2.24) is 5.32 Å². The van der Waals surface area contributed by atoms with E-state index in [9.17, 15) is 0 Å². The fourth-order valence-electron chi connectivity index (χ4n) is 1.65. The Morgan fingerprint density at radius 3 is 1.74 bits per heavy atom. The third-order valence-corrected chi connectivity index (χ3v) is 22.5. The Balaban J connectivity index is 0.000000422. The summed E-state index contributed by atoms with van der Waals surface area (Å²) in [5.41, 5.74) is 0. The van der Waals surface area contributed by atoms with Crippen LogP contribution >= 0.6 is 0 Å². The number of hydrogen-bond acceptors (Lipinski definition) is 4. The molecule has 1 rings (SSSR count). The lowest BCUT2D eigenvalue weighted by Gasteiger charge is -2.21. The lowest BCUT2D eigenvalue weighted by molar-refractivity contribution is 0.0310. The van der Waals surface area contributed by atoms with Crippen LogP contribution in [0.2, 0.25) is 0 Å². The first-order chi connectivity index (χ1) is 11.3. The van der Waals surface area contributed by atoms with Crippen LogP contribution in [0.15, 0.2) is 0 Å². The molecule has 0 bridgehead atoms. The van der Waals surface area contributed by atoms with Crippen LogP contribution in [0.25, 0.3) is 0 Å². The summed E-state index contributed by atoms with van der Waals surface area (Å²) in [7, 11) is 18.2. The van der Waals surface area contributed by atoms with Crippen molar-refractivity contribution >= 4 is 111 Å². The largest absolute Gasteiger partial charge is 0.377 e. The van der Waals surface area contributed by atoms with E-state index in [1.807, 2.05) is 7.05 Å². The average molecular weight is 542 g/mol. The van der Waals surface area contributed by atoms with Gasteiger partial charge in [0.05, 0.1) is 12.7 Å². The topological polar surface area (TPSA) is 21.3 Å². The first kappa shape index (κ1) is 25.6. The van der Waals surface area contributed by atoms with Crippen molar-refractivity contribution in [2.24, 2.45) is 0 Å². The van der Waals surface area contributed by atoms with Crippen LogP contribution in [0.3, 0.4) is 0 Å². The Hall–Kier alpha value is 2.56. The summed E-state index contributed by atoms with van der Waals surface area (Å²) in [6.45, 7) is 1.86. The van der Waals surface area contributed by atoms with Gasteiger partial charge in [0.2, 0.25) is 0 Å². The van der Waals surface area contributed by atoms with E-state index in [4.69, 9.17) is 4.74 Å². The van der Waals surface area contributed by atoms with Gasteiger partial charge < -0.3 is 10.1 Å². The zero-order valence-electron chi connectivity index (χ0n) is 12.3. The average Bonchev–Trinajstić information content (AvgIpc) is 2.59. The molecule has 1 aliphatic rings. The minimum atomic E-state index is 0.567. The van der Waals surface area contributed by atoms with Gasteiger partial charge >= 0.3 is 0 Å². The molecule has 0 saturated heterocycles. The van der Waals surface area contributed by atoms with Gasteiger partial charge in [0, 0.05) is 118 Å². The van der Waals surface area contributed by atoms with Crippen molar-refractivity contribution in [2.45, 2.75) is 38.2 Å². The van der Waals surface area contributed by atoms with E-state index in [2.05, 4.69) is 27.7 Å². The van der Waals surface area contributed by atoms with Gasteiger partial charge in [0.15, 0.2) is 0 Å². The third-order valence-electron chi connectivity index (χ3n) is 2.51. The maximum absolute atomic E-state index is 5.66. The molecule has 0 aromatic rings. The predicted octanol–water partition coefficient (Wildman–Crippen LogP) is 1.53. The molecule has 1 fully saturated rings. The zero-order chi connectivity index (χ0) is 17.0. The van der Waals surface area contributed by atoms with Gasteiger partial charge in [-0.1, -0.05) is 19.3 Å². The molecule has 14 heteroatoms. The second-order valence-electron chi connectivity index (χ2n) is 3.91. The number of hydrogen-bond donors (Lipinski definition) is 1. The highest BCUT2D eigenvalue weighted by atomic mass is 33.4. The SMILES string of the molecule is CNCCOC1CCCCC1.S=S=S=S=S=S=S=S=S=S=S=S. The molecule has 1 saturated carbocycles. The van der Waals surface area contributed by atoms with E-state index in [-0.39, 0.29) is 0 Å². The van der Waals surface area contributed by atoms with Crippen molar-refractivity contribution in [3.63, 3.8) is 0 Å². The molecule has 1 N–H and O–H groups in total. The highest BCUT2D eigenvalue weighted by molar-refractivity contribution is 8.75. The first-order valence-electron chi connectivity index (χ1n) is 6.53. The summed E-state index contributed by atoms with van der Waals surface area (Å²) < 4.78 is 5.66. The summed E-state index contributed by atoms with van der Waals surface area (Å²) in [4.78, 5) is 0. The molecular formula is C9H19NOS12. The number of nitrogens with one attached hydrogen (secondary N) is 1. The molecule has 0 radical (unpaired) electrons. The Morgan fingerprint density at radius 1 is 0.826 bits per heavy atom. The van der Waals surface area contributed by atoms with E-state index < -0.39 is 0 Å². The standard InChI is InChI=1S/C9H19NO.S12/c1-10-7-8-11-9-5-3-2-4-6-9;1-3-5-7-9-11-12-10-8-6-4-2/h9-10H,2-8H2,1H3;. The smallest absolute Gasteiger partial charge is 0.0594 e. The lowest BCUT2D eigenvalue weighted by atomic mass is 9.98. The van der Waals surface area contributed by atoms with Crippen LogP contribution in [0.5, 0.6) is 0 Å².